The zero-order valence-electron chi connectivity index (χ0n) is 9.99. The molecule has 0 aliphatic carbocycles. The van der Waals surface area contributed by atoms with Gasteiger partial charge in [0.05, 0.1) is 5.56 Å². The Morgan fingerprint density at radius 3 is 2.62 bits per heavy atom. The Kier molecular flexibility index (Phi) is 4.83. The van der Waals surface area contributed by atoms with Crippen LogP contribution in [0.2, 0.25) is 0 Å². The fraction of sp³-hybridized carbons (Fsp3) is 0.462. The number of para-hydroxylation sites is 1. The van der Waals surface area contributed by atoms with Gasteiger partial charge < -0.3 is 11.1 Å². The molecule has 0 bridgehead atoms. The molecule has 0 aliphatic rings. The maximum atomic E-state index is 11.9. The molecule has 3 heteroatoms. The third-order valence-electron chi connectivity index (χ3n) is 2.67. The molecule has 1 aromatic rings. The first kappa shape index (κ1) is 12.6. The molecule has 0 fully saturated rings. The quantitative estimate of drug-likeness (QED) is 0.749. The third-order valence-corrected chi connectivity index (χ3v) is 2.67. The Hall–Kier alpha value is -1.51. The van der Waals surface area contributed by atoms with E-state index < -0.39 is 0 Å². The lowest BCUT2D eigenvalue weighted by molar-refractivity contribution is 0.0934. The molecule has 1 rings (SSSR count). The van der Waals surface area contributed by atoms with Gasteiger partial charge in [-0.2, -0.15) is 0 Å². The number of rotatable bonds is 5. The molecular formula is C13H20N2O. The first-order valence-corrected chi connectivity index (χ1v) is 5.84. The summed E-state index contributed by atoms with van der Waals surface area (Å²) in [5, 5.41) is 3.01. The summed E-state index contributed by atoms with van der Waals surface area (Å²) < 4.78 is 0. The van der Waals surface area contributed by atoms with Crippen molar-refractivity contribution in [1.82, 2.24) is 5.32 Å². The fourth-order valence-corrected chi connectivity index (χ4v) is 1.69. The van der Waals surface area contributed by atoms with Crippen molar-refractivity contribution in [2.75, 3.05) is 5.73 Å². The number of anilines is 1. The summed E-state index contributed by atoms with van der Waals surface area (Å²) in [6, 6.07) is 7.40. The smallest absolute Gasteiger partial charge is 0.253 e. The highest BCUT2D eigenvalue weighted by Gasteiger charge is 2.12. The number of nitrogen functional groups attached to an aromatic ring is 1. The molecular weight excluding hydrogens is 200 g/mol. The lowest BCUT2D eigenvalue weighted by atomic mass is 10.1. The normalized spacial score (nSPS) is 12.1. The maximum absolute atomic E-state index is 11.9. The first-order chi connectivity index (χ1) is 7.69. The van der Waals surface area contributed by atoms with E-state index in [9.17, 15) is 4.79 Å². The van der Waals surface area contributed by atoms with Crippen LogP contribution in [0, 0.1) is 0 Å². The van der Waals surface area contributed by atoms with Crippen molar-refractivity contribution < 1.29 is 4.79 Å². The van der Waals surface area contributed by atoms with Gasteiger partial charge in [0.15, 0.2) is 0 Å². The predicted molar refractivity (Wildman–Crippen MR) is 67.3 cm³/mol. The lowest BCUT2D eigenvalue weighted by Gasteiger charge is -2.16. The van der Waals surface area contributed by atoms with Crippen molar-refractivity contribution in [2.24, 2.45) is 0 Å². The van der Waals surface area contributed by atoms with Crippen LogP contribution in [0.5, 0.6) is 0 Å². The molecule has 1 amide bonds. The van der Waals surface area contributed by atoms with Crippen molar-refractivity contribution in [2.45, 2.75) is 39.2 Å². The zero-order chi connectivity index (χ0) is 12.0. The van der Waals surface area contributed by atoms with Crippen LogP contribution in [0.1, 0.15) is 43.5 Å². The number of nitrogens with two attached hydrogens (primary N) is 1. The minimum atomic E-state index is -0.0709. The standard InChI is InChI=1S/C13H20N2O/c1-3-7-10(4-2)15-13(16)11-8-5-6-9-12(11)14/h5-6,8-10H,3-4,7,14H2,1-2H3,(H,15,16). The molecule has 1 unspecified atom stereocenters. The molecule has 16 heavy (non-hydrogen) atoms. The second kappa shape index (κ2) is 6.16. The summed E-state index contributed by atoms with van der Waals surface area (Å²) in [5.74, 6) is -0.0709. The van der Waals surface area contributed by atoms with Crippen LogP contribution in [0.15, 0.2) is 24.3 Å². The van der Waals surface area contributed by atoms with Gasteiger partial charge in [-0.05, 0) is 25.0 Å². The predicted octanol–water partition coefficient (Wildman–Crippen LogP) is 2.58. The highest BCUT2D eigenvalue weighted by molar-refractivity contribution is 5.99. The highest BCUT2D eigenvalue weighted by atomic mass is 16.1. The van der Waals surface area contributed by atoms with E-state index in [4.69, 9.17) is 5.73 Å². The van der Waals surface area contributed by atoms with E-state index in [-0.39, 0.29) is 11.9 Å². The number of hydrogen-bond donors (Lipinski definition) is 2. The summed E-state index contributed by atoms with van der Waals surface area (Å²) >= 11 is 0. The van der Waals surface area contributed by atoms with Gasteiger partial charge in [0.25, 0.3) is 5.91 Å². The van der Waals surface area contributed by atoms with Crippen LogP contribution in [0.25, 0.3) is 0 Å². The average molecular weight is 220 g/mol. The van der Waals surface area contributed by atoms with Gasteiger partial charge in [-0.1, -0.05) is 32.4 Å². The molecule has 3 nitrogen and oxygen atoms in total. The van der Waals surface area contributed by atoms with E-state index in [0.717, 1.165) is 19.3 Å². The van der Waals surface area contributed by atoms with Crippen LogP contribution in [-0.4, -0.2) is 11.9 Å². The van der Waals surface area contributed by atoms with E-state index >= 15 is 0 Å². The zero-order valence-corrected chi connectivity index (χ0v) is 9.99. The van der Waals surface area contributed by atoms with Crippen molar-refractivity contribution in [3.8, 4) is 0 Å². The monoisotopic (exact) mass is 220 g/mol. The van der Waals surface area contributed by atoms with Gasteiger partial charge in [-0.15, -0.1) is 0 Å². The number of carbonyl (C=O) groups excluding carboxylic acids is 1. The average Bonchev–Trinajstić information content (AvgIpc) is 2.28. The summed E-state index contributed by atoms with van der Waals surface area (Å²) in [7, 11) is 0. The van der Waals surface area contributed by atoms with Gasteiger partial charge in [0.2, 0.25) is 0 Å². The molecule has 88 valence electrons. The summed E-state index contributed by atoms with van der Waals surface area (Å²) in [6.07, 6.45) is 3.03. The van der Waals surface area contributed by atoms with Crippen LogP contribution in [-0.2, 0) is 0 Å². The molecule has 3 N–H and O–H groups in total. The summed E-state index contributed by atoms with van der Waals surface area (Å²) in [6.45, 7) is 4.20. The Bertz CT molecular complexity index is 350. The van der Waals surface area contributed by atoms with Gasteiger partial charge in [0.1, 0.15) is 0 Å². The second-order valence-electron chi connectivity index (χ2n) is 3.95. The molecule has 1 atom stereocenters. The van der Waals surface area contributed by atoms with Crippen molar-refractivity contribution in [3.63, 3.8) is 0 Å². The Morgan fingerprint density at radius 2 is 2.06 bits per heavy atom. The van der Waals surface area contributed by atoms with Crippen LogP contribution >= 0.6 is 0 Å². The van der Waals surface area contributed by atoms with Crippen LogP contribution in [0.4, 0.5) is 5.69 Å². The number of nitrogens with one attached hydrogen (secondary N) is 1. The van der Waals surface area contributed by atoms with Crippen molar-refractivity contribution in [1.29, 1.82) is 0 Å². The van der Waals surface area contributed by atoms with E-state index in [2.05, 4.69) is 19.2 Å². The molecule has 0 aromatic heterocycles. The van der Waals surface area contributed by atoms with Crippen molar-refractivity contribution in [3.05, 3.63) is 29.8 Å². The number of amides is 1. The van der Waals surface area contributed by atoms with Gasteiger partial charge in [-0.25, -0.2) is 0 Å². The number of hydrogen-bond acceptors (Lipinski definition) is 2. The molecule has 0 heterocycles. The number of benzene rings is 1. The molecule has 0 radical (unpaired) electrons. The first-order valence-electron chi connectivity index (χ1n) is 5.84. The lowest BCUT2D eigenvalue weighted by Crippen LogP contribution is -2.34. The Morgan fingerprint density at radius 1 is 1.38 bits per heavy atom. The van der Waals surface area contributed by atoms with E-state index in [1.54, 1.807) is 12.1 Å². The topological polar surface area (TPSA) is 55.1 Å². The fourth-order valence-electron chi connectivity index (χ4n) is 1.69. The third kappa shape index (κ3) is 3.26. The van der Waals surface area contributed by atoms with Crippen LogP contribution < -0.4 is 11.1 Å². The van der Waals surface area contributed by atoms with E-state index in [1.807, 2.05) is 12.1 Å². The van der Waals surface area contributed by atoms with E-state index in [1.165, 1.54) is 0 Å². The van der Waals surface area contributed by atoms with E-state index in [0.29, 0.717) is 11.3 Å². The second-order valence-corrected chi connectivity index (χ2v) is 3.95. The minimum Gasteiger partial charge on any atom is -0.398 e. The summed E-state index contributed by atoms with van der Waals surface area (Å²) in [4.78, 5) is 11.9. The molecule has 0 aliphatic heterocycles. The highest BCUT2D eigenvalue weighted by Crippen LogP contribution is 2.11. The Labute approximate surface area is 97.0 Å². The largest absolute Gasteiger partial charge is 0.398 e. The van der Waals surface area contributed by atoms with Gasteiger partial charge in [-0.3, -0.25) is 4.79 Å². The maximum Gasteiger partial charge on any atom is 0.253 e. The molecule has 0 saturated carbocycles. The van der Waals surface area contributed by atoms with Crippen molar-refractivity contribution >= 4 is 11.6 Å². The minimum absolute atomic E-state index is 0.0709. The Balaban J connectivity index is 2.68. The SMILES string of the molecule is CCCC(CC)NC(=O)c1ccccc1N. The summed E-state index contributed by atoms with van der Waals surface area (Å²) in [5.41, 5.74) is 6.85. The molecule has 1 aromatic carbocycles. The van der Waals surface area contributed by atoms with Gasteiger partial charge in [0, 0.05) is 11.7 Å². The van der Waals surface area contributed by atoms with Crippen LogP contribution in [0.3, 0.4) is 0 Å². The number of carbonyl (C=O) groups is 1. The molecule has 0 saturated heterocycles. The molecule has 0 spiro atoms. The van der Waals surface area contributed by atoms with Gasteiger partial charge >= 0.3 is 0 Å².